The van der Waals surface area contributed by atoms with E-state index in [0.29, 0.717) is 5.39 Å². The van der Waals surface area contributed by atoms with Gasteiger partial charge in [0.2, 0.25) is 0 Å². The molecule has 22 heavy (non-hydrogen) atoms. The maximum absolute atomic E-state index is 12.2. The molecule has 2 heterocycles. The number of hydrogen-bond acceptors (Lipinski definition) is 3. The number of nitrogens with zero attached hydrogens (tertiary/aromatic N) is 1. The van der Waals surface area contributed by atoms with Gasteiger partial charge in [0.25, 0.3) is 0 Å². The lowest BCUT2D eigenvalue weighted by Gasteiger charge is -2.32. The van der Waals surface area contributed by atoms with Crippen LogP contribution in [0.2, 0.25) is 0 Å². The molecular formula is C17H22BNO3. The maximum Gasteiger partial charge on any atom is 0.494 e. The van der Waals surface area contributed by atoms with Crippen LogP contribution in [0.3, 0.4) is 0 Å². The molecule has 4 nitrogen and oxygen atoms in total. The highest BCUT2D eigenvalue weighted by Crippen LogP contribution is 2.36. The summed E-state index contributed by atoms with van der Waals surface area (Å²) in [6.45, 7) is 11.0. The van der Waals surface area contributed by atoms with Gasteiger partial charge in [0.1, 0.15) is 0 Å². The zero-order valence-electron chi connectivity index (χ0n) is 13.8. The minimum atomic E-state index is -0.441. The molecule has 1 aliphatic heterocycles. The Morgan fingerprint density at radius 1 is 1.09 bits per heavy atom. The van der Waals surface area contributed by atoms with E-state index in [-0.39, 0.29) is 16.6 Å². The minimum absolute atomic E-state index is 0.0260. The van der Waals surface area contributed by atoms with Crippen molar-refractivity contribution < 1.29 is 9.31 Å². The van der Waals surface area contributed by atoms with Crippen LogP contribution < -0.4 is 10.9 Å². The Morgan fingerprint density at radius 3 is 2.32 bits per heavy atom. The monoisotopic (exact) mass is 299 g/mol. The first-order valence-corrected chi connectivity index (χ1v) is 7.74. The fraction of sp³-hybridized carbons (Fsp3) is 0.471. The molecule has 2 aromatic rings. The van der Waals surface area contributed by atoms with Crippen molar-refractivity contribution in [3.63, 3.8) is 0 Å². The minimum Gasteiger partial charge on any atom is -0.399 e. The van der Waals surface area contributed by atoms with Crippen LogP contribution in [-0.2, 0) is 15.9 Å². The zero-order valence-corrected chi connectivity index (χ0v) is 13.8. The van der Waals surface area contributed by atoms with Gasteiger partial charge in [-0.05, 0) is 52.2 Å². The largest absolute Gasteiger partial charge is 0.494 e. The highest BCUT2D eigenvalue weighted by Gasteiger charge is 2.51. The molecule has 1 aromatic heterocycles. The third kappa shape index (κ3) is 2.29. The van der Waals surface area contributed by atoms with Gasteiger partial charge in [0.15, 0.2) is 5.43 Å². The van der Waals surface area contributed by atoms with Crippen molar-refractivity contribution in [1.82, 2.24) is 4.57 Å². The molecule has 0 radical (unpaired) electrons. The smallest absolute Gasteiger partial charge is 0.399 e. The predicted octanol–water partition coefficient (Wildman–Crippen LogP) is 2.32. The quantitative estimate of drug-likeness (QED) is 0.799. The number of rotatable bonds is 2. The van der Waals surface area contributed by atoms with Crippen LogP contribution in [0, 0.1) is 0 Å². The molecule has 1 saturated heterocycles. The van der Waals surface area contributed by atoms with Crippen molar-refractivity contribution in [2.75, 3.05) is 0 Å². The molecule has 0 saturated carbocycles. The zero-order chi connectivity index (χ0) is 16.1. The van der Waals surface area contributed by atoms with Crippen molar-refractivity contribution in [1.29, 1.82) is 0 Å². The Bertz CT molecular complexity index is 763. The van der Waals surface area contributed by atoms with Crippen LogP contribution in [-0.4, -0.2) is 22.9 Å². The van der Waals surface area contributed by atoms with E-state index < -0.39 is 7.12 Å². The van der Waals surface area contributed by atoms with E-state index in [1.807, 2.05) is 52.1 Å². The van der Waals surface area contributed by atoms with E-state index in [0.717, 1.165) is 17.5 Å². The number of aryl methyl sites for hydroxylation is 1. The third-order valence-corrected chi connectivity index (χ3v) is 4.87. The van der Waals surface area contributed by atoms with Crippen LogP contribution in [0.5, 0.6) is 0 Å². The second-order valence-electron chi connectivity index (χ2n) is 6.83. The fourth-order valence-electron chi connectivity index (χ4n) is 2.73. The Balaban J connectivity index is 2.07. The standard InChI is InChI=1S/C17H22BNO3/c1-6-19-10-9-15(20)13-11-12(7-8-14(13)19)18-21-16(2,3)17(4,5)22-18/h7-11H,6H2,1-5H3. The Labute approximate surface area is 131 Å². The van der Waals surface area contributed by atoms with E-state index in [1.54, 1.807) is 6.07 Å². The number of benzene rings is 1. The van der Waals surface area contributed by atoms with Gasteiger partial charge in [-0.15, -0.1) is 0 Å². The molecule has 0 amide bonds. The van der Waals surface area contributed by atoms with Crippen LogP contribution in [0.4, 0.5) is 0 Å². The summed E-state index contributed by atoms with van der Waals surface area (Å²) in [6.07, 6.45) is 1.83. The van der Waals surface area contributed by atoms with Gasteiger partial charge in [-0.3, -0.25) is 4.79 Å². The van der Waals surface area contributed by atoms with Gasteiger partial charge in [-0.2, -0.15) is 0 Å². The van der Waals surface area contributed by atoms with Crippen molar-refractivity contribution in [3.8, 4) is 0 Å². The highest BCUT2D eigenvalue weighted by atomic mass is 16.7. The first-order chi connectivity index (χ1) is 10.2. The molecule has 1 aromatic carbocycles. The van der Waals surface area contributed by atoms with Crippen LogP contribution in [0.25, 0.3) is 10.9 Å². The highest BCUT2D eigenvalue weighted by molar-refractivity contribution is 6.62. The van der Waals surface area contributed by atoms with Crippen LogP contribution >= 0.6 is 0 Å². The molecule has 0 unspecified atom stereocenters. The Kier molecular flexibility index (Phi) is 3.46. The number of aromatic nitrogens is 1. The topological polar surface area (TPSA) is 40.5 Å². The SMILES string of the molecule is CCn1ccc(=O)c2cc(B3OC(C)(C)C(C)(C)O3)ccc21. The molecule has 1 aliphatic rings. The molecule has 0 bridgehead atoms. The lowest BCUT2D eigenvalue weighted by Crippen LogP contribution is -2.41. The van der Waals surface area contributed by atoms with E-state index in [9.17, 15) is 4.79 Å². The summed E-state index contributed by atoms with van der Waals surface area (Å²) >= 11 is 0. The van der Waals surface area contributed by atoms with Gasteiger partial charge >= 0.3 is 7.12 Å². The molecule has 0 atom stereocenters. The summed E-state index contributed by atoms with van der Waals surface area (Å²) in [5.74, 6) is 0. The molecule has 3 rings (SSSR count). The van der Waals surface area contributed by atoms with Crippen LogP contribution in [0.15, 0.2) is 35.3 Å². The second-order valence-corrected chi connectivity index (χ2v) is 6.83. The molecule has 1 fully saturated rings. The molecule has 0 N–H and O–H groups in total. The van der Waals surface area contributed by atoms with E-state index in [1.165, 1.54) is 0 Å². The van der Waals surface area contributed by atoms with Gasteiger partial charge < -0.3 is 13.9 Å². The molecule has 0 aliphatic carbocycles. The number of pyridine rings is 1. The van der Waals surface area contributed by atoms with Gasteiger partial charge in [0.05, 0.1) is 16.7 Å². The summed E-state index contributed by atoms with van der Waals surface area (Å²) in [4.78, 5) is 12.2. The first kappa shape index (κ1) is 15.3. The molecular weight excluding hydrogens is 277 g/mol. The molecule has 5 heteroatoms. The Morgan fingerprint density at radius 2 is 1.73 bits per heavy atom. The van der Waals surface area contributed by atoms with E-state index >= 15 is 0 Å². The van der Waals surface area contributed by atoms with Crippen molar-refractivity contribution in [3.05, 3.63) is 40.7 Å². The summed E-state index contributed by atoms with van der Waals surface area (Å²) in [5, 5.41) is 0.705. The van der Waals surface area contributed by atoms with E-state index in [4.69, 9.17) is 9.31 Å². The van der Waals surface area contributed by atoms with Crippen molar-refractivity contribution in [2.24, 2.45) is 0 Å². The van der Waals surface area contributed by atoms with Gasteiger partial charge in [0, 0.05) is 24.2 Å². The Hall–Kier alpha value is -1.59. The molecule has 0 spiro atoms. The number of fused-ring (bicyclic) bond motifs is 1. The van der Waals surface area contributed by atoms with Gasteiger partial charge in [-0.25, -0.2) is 0 Å². The maximum atomic E-state index is 12.2. The third-order valence-electron chi connectivity index (χ3n) is 4.87. The summed E-state index contributed by atoms with van der Waals surface area (Å²) in [6, 6.07) is 7.46. The number of hydrogen-bond donors (Lipinski definition) is 0. The average Bonchev–Trinajstić information content (AvgIpc) is 2.68. The second kappa shape index (κ2) is 4.96. The van der Waals surface area contributed by atoms with Crippen molar-refractivity contribution in [2.45, 2.75) is 52.4 Å². The summed E-state index contributed by atoms with van der Waals surface area (Å²) in [5.41, 5.74) is 1.09. The lowest BCUT2D eigenvalue weighted by atomic mass is 9.78. The van der Waals surface area contributed by atoms with Crippen LogP contribution in [0.1, 0.15) is 34.6 Å². The predicted molar refractivity (Wildman–Crippen MR) is 89.6 cm³/mol. The van der Waals surface area contributed by atoms with E-state index in [2.05, 4.69) is 11.5 Å². The lowest BCUT2D eigenvalue weighted by molar-refractivity contribution is 0.00578. The molecule has 116 valence electrons. The normalized spacial score (nSPS) is 19.8. The average molecular weight is 299 g/mol. The summed E-state index contributed by atoms with van der Waals surface area (Å²) in [7, 11) is -0.441. The van der Waals surface area contributed by atoms with Gasteiger partial charge in [-0.1, -0.05) is 6.07 Å². The fourth-order valence-corrected chi connectivity index (χ4v) is 2.73. The summed E-state index contributed by atoms with van der Waals surface area (Å²) < 4.78 is 14.2. The first-order valence-electron chi connectivity index (χ1n) is 7.74. The van der Waals surface area contributed by atoms with Crippen molar-refractivity contribution >= 4 is 23.5 Å².